The number of nitrogens with one attached hydrogen (secondary N) is 1. The molecule has 0 saturated carbocycles. The summed E-state index contributed by atoms with van der Waals surface area (Å²) in [7, 11) is 0. The van der Waals surface area contributed by atoms with Crippen molar-refractivity contribution in [2.75, 3.05) is 11.9 Å². The topological polar surface area (TPSA) is 55.6 Å². The van der Waals surface area contributed by atoms with E-state index in [0.717, 1.165) is 18.1 Å². The molecule has 0 aliphatic carbocycles. The second kappa shape index (κ2) is 3.87. The van der Waals surface area contributed by atoms with Gasteiger partial charge in [0.25, 0.3) is 0 Å². The van der Waals surface area contributed by atoms with Crippen molar-refractivity contribution in [3.05, 3.63) is 30.7 Å². The molecule has 0 aliphatic rings. The van der Waals surface area contributed by atoms with E-state index >= 15 is 0 Å². The van der Waals surface area contributed by atoms with Gasteiger partial charge in [0.1, 0.15) is 0 Å². The van der Waals surface area contributed by atoms with Gasteiger partial charge in [0.2, 0.25) is 0 Å². The van der Waals surface area contributed by atoms with Gasteiger partial charge in [-0.25, -0.2) is 4.68 Å². The second-order valence-electron chi connectivity index (χ2n) is 2.79. The molecule has 0 atom stereocenters. The van der Waals surface area contributed by atoms with Crippen molar-refractivity contribution >= 4 is 5.82 Å². The van der Waals surface area contributed by atoms with E-state index in [1.165, 1.54) is 0 Å². The zero-order valence-electron chi connectivity index (χ0n) is 7.88. The van der Waals surface area contributed by atoms with Gasteiger partial charge >= 0.3 is 0 Å². The monoisotopic (exact) mass is 189 g/mol. The van der Waals surface area contributed by atoms with Crippen molar-refractivity contribution in [1.29, 1.82) is 0 Å². The van der Waals surface area contributed by atoms with E-state index in [2.05, 4.69) is 20.6 Å². The summed E-state index contributed by atoms with van der Waals surface area (Å²) in [5, 5.41) is 11.0. The third-order valence-corrected chi connectivity index (χ3v) is 1.76. The first-order chi connectivity index (χ1) is 6.90. The predicted octanol–water partition coefficient (Wildman–Crippen LogP) is 1.09. The Labute approximate surface area is 81.8 Å². The average Bonchev–Trinajstić information content (AvgIpc) is 2.68. The number of aromatic nitrogens is 4. The van der Waals surface area contributed by atoms with E-state index in [9.17, 15) is 0 Å². The molecular formula is C9H11N5. The maximum Gasteiger partial charge on any atom is 0.169 e. The van der Waals surface area contributed by atoms with Gasteiger partial charge in [0.05, 0.1) is 18.1 Å². The molecule has 72 valence electrons. The summed E-state index contributed by atoms with van der Waals surface area (Å²) >= 11 is 0. The quantitative estimate of drug-likeness (QED) is 0.785. The average molecular weight is 189 g/mol. The normalized spacial score (nSPS) is 10.1. The highest BCUT2D eigenvalue weighted by molar-refractivity contribution is 5.34. The van der Waals surface area contributed by atoms with Crippen LogP contribution in [0.3, 0.4) is 0 Å². The summed E-state index contributed by atoms with van der Waals surface area (Å²) in [6.45, 7) is 2.86. The smallest absolute Gasteiger partial charge is 0.169 e. The highest BCUT2D eigenvalue weighted by atomic mass is 15.4. The first-order valence-corrected chi connectivity index (χ1v) is 4.47. The first-order valence-electron chi connectivity index (χ1n) is 4.47. The summed E-state index contributed by atoms with van der Waals surface area (Å²) < 4.78 is 1.69. The van der Waals surface area contributed by atoms with Gasteiger partial charge < -0.3 is 5.32 Å². The Morgan fingerprint density at radius 2 is 2.43 bits per heavy atom. The molecule has 0 bridgehead atoms. The lowest BCUT2D eigenvalue weighted by atomic mass is 10.4. The Balaban J connectivity index is 2.25. The van der Waals surface area contributed by atoms with Crippen LogP contribution in [0.1, 0.15) is 6.92 Å². The molecule has 0 aliphatic heterocycles. The van der Waals surface area contributed by atoms with E-state index in [-0.39, 0.29) is 0 Å². The van der Waals surface area contributed by atoms with Gasteiger partial charge in [0, 0.05) is 12.7 Å². The summed E-state index contributed by atoms with van der Waals surface area (Å²) in [5.41, 5.74) is 0.907. The zero-order chi connectivity index (χ0) is 9.80. The van der Waals surface area contributed by atoms with Gasteiger partial charge in [-0.15, -0.1) is 5.10 Å². The fourth-order valence-electron chi connectivity index (χ4n) is 1.14. The van der Waals surface area contributed by atoms with Crippen LogP contribution in [0.2, 0.25) is 0 Å². The van der Waals surface area contributed by atoms with Crippen molar-refractivity contribution in [2.45, 2.75) is 6.92 Å². The molecule has 0 radical (unpaired) electrons. The highest BCUT2D eigenvalue weighted by Gasteiger charge is 2.00. The third kappa shape index (κ3) is 1.71. The van der Waals surface area contributed by atoms with E-state index in [1.807, 2.05) is 25.3 Å². The molecule has 0 spiro atoms. The van der Waals surface area contributed by atoms with Gasteiger partial charge in [-0.3, -0.25) is 4.98 Å². The number of pyridine rings is 1. The van der Waals surface area contributed by atoms with E-state index < -0.39 is 0 Å². The standard InChI is InChI=1S/C9H11N5/c1-2-11-9-7-14(13-12-9)8-4-3-5-10-6-8/h3-7,11H,2H2,1H3. The van der Waals surface area contributed by atoms with Gasteiger partial charge in [-0.2, -0.15) is 0 Å². The summed E-state index contributed by atoms with van der Waals surface area (Å²) in [5.74, 6) is 0.774. The van der Waals surface area contributed by atoms with E-state index in [0.29, 0.717) is 0 Å². The van der Waals surface area contributed by atoms with Crippen LogP contribution in [0.25, 0.3) is 5.69 Å². The van der Waals surface area contributed by atoms with Gasteiger partial charge in [-0.05, 0) is 19.1 Å². The van der Waals surface area contributed by atoms with Crippen LogP contribution in [0.4, 0.5) is 5.82 Å². The molecule has 2 aromatic rings. The highest BCUT2D eigenvalue weighted by Crippen LogP contribution is 2.06. The lowest BCUT2D eigenvalue weighted by molar-refractivity contribution is 0.799. The molecule has 0 fully saturated rings. The fraction of sp³-hybridized carbons (Fsp3) is 0.222. The molecule has 1 N–H and O–H groups in total. The van der Waals surface area contributed by atoms with Crippen molar-refractivity contribution < 1.29 is 0 Å². The molecule has 0 unspecified atom stereocenters. The van der Waals surface area contributed by atoms with Crippen LogP contribution in [0.15, 0.2) is 30.7 Å². The molecule has 0 saturated heterocycles. The number of rotatable bonds is 3. The molecule has 14 heavy (non-hydrogen) atoms. The van der Waals surface area contributed by atoms with E-state index in [4.69, 9.17) is 0 Å². The fourth-order valence-corrected chi connectivity index (χ4v) is 1.14. The maximum absolute atomic E-state index is 4.01. The van der Waals surface area contributed by atoms with Crippen LogP contribution in [0, 0.1) is 0 Å². The zero-order valence-corrected chi connectivity index (χ0v) is 7.88. The summed E-state index contributed by atoms with van der Waals surface area (Å²) in [6.07, 6.45) is 5.30. The lowest BCUT2D eigenvalue weighted by Crippen LogP contribution is -1.96. The van der Waals surface area contributed by atoms with Crippen LogP contribution >= 0.6 is 0 Å². The Hall–Kier alpha value is -1.91. The van der Waals surface area contributed by atoms with Crippen molar-refractivity contribution in [1.82, 2.24) is 20.0 Å². The first kappa shape index (κ1) is 8.68. The predicted molar refractivity (Wildman–Crippen MR) is 53.3 cm³/mol. The molecule has 5 heteroatoms. The largest absolute Gasteiger partial charge is 0.368 e. The van der Waals surface area contributed by atoms with Crippen molar-refractivity contribution in [3.8, 4) is 5.69 Å². The Kier molecular flexibility index (Phi) is 2.40. The Bertz CT molecular complexity index is 395. The summed E-state index contributed by atoms with van der Waals surface area (Å²) in [6, 6.07) is 3.79. The van der Waals surface area contributed by atoms with Gasteiger partial charge in [0.15, 0.2) is 5.82 Å². The number of anilines is 1. The minimum Gasteiger partial charge on any atom is -0.368 e. The number of nitrogens with zero attached hydrogens (tertiary/aromatic N) is 4. The number of hydrogen-bond donors (Lipinski definition) is 1. The molecule has 2 aromatic heterocycles. The van der Waals surface area contributed by atoms with Crippen LogP contribution in [-0.2, 0) is 0 Å². The molecule has 2 rings (SSSR count). The third-order valence-electron chi connectivity index (χ3n) is 1.76. The minimum atomic E-state index is 0.774. The minimum absolute atomic E-state index is 0.774. The second-order valence-corrected chi connectivity index (χ2v) is 2.79. The SMILES string of the molecule is CCNc1cn(-c2cccnc2)nn1. The molecule has 0 aromatic carbocycles. The van der Waals surface area contributed by atoms with Crippen LogP contribution in [-0.4, -0.2) is 26.5 Å². The van der Waals surface area contributed by atoms with Crippen LogP contribution in [0.5, 0.6) is 0 Å². The molecule has 2 heterocycles. The Morgan fingerprint density at radius 3 is 3.14 bits per heavy atom. The summed E-state index contributed by atoms with van der Waals surface area (Å²) in [4.78, 5) is 4.01. The Morgan fingerprint density at radius 1 is 1.50 bits per heavy atom. The van der Waals surface area contributed by atoms with Crippen LogP contribution < -0.4 is 5.32 Å². The molecule has 5 nitrogen and oxygen atoms in total. The lowest BCUT2D eigenvalue weighted by Gasteiger charge is -1.96. The van der Waals surface area contributed by atoms with Crippen molar-refractivity contribution in [2.24, 2.45) is 0 Å². The molecule has 0 amide bonds. The number of hydrogen-bond acceptors (Lipinski definition) is 4. The van der Waals surface area contributed by atoms with Gasteiger partial charge in [-0.1, -0.05) is 5.21 Å². The van der Waals surface area contributed by atoms with Crippen molar-refractivity contribution in [3.63, 3.8) is 0 Å². The molecular weight excluding hydrogens is 178 g/mol. The maximum atomic E-state index is 4.01. The van der Waals surface area contributed by atoms with E-state index in [1.54, 1.807) is 17.1 Å².